The van der Waals surface area contributed by atoms with Gasteiger partial charge in [-0.1, -0.05) is 42.5 Å². The lowest BCUT2D eigenvalue weighted by atomic mass is 9.97. The highest BCUT2D eigenvalue weighted by Crippen LogP contribution is 2.24. The number of piperidine rings is 1. The Labute approximate surface area is 200 Å². The minimum absolute atomic E-state index is 0.0200. The molecule has 1 N–H and O–H groups in total. The van der Waals surface area contributed by atoms with Gasteiger partial charge in [0.1, 0.15) is 11.6 Å². The summed E-state index contributed by atoms with van der Waals surface area (Å²) in [5, 5.41) is 3.07. The first-order chi connectivity index (χ1) is 16.7. The second-order valence-electron chi connectivity index (χ2n) is 8.88. The van der Waals surface area contributed by atoms with E-state index in [-0.39, 0.29) is 11.8 Å². The van der Waals surface area contributed by atoms with Gasteiger partial charge in [-0.05, 0) is 61.3 Å². The van der Waals surface area contributed by atoms with Crippen LogP contribution in [0, 0.1) is 5.92 Å². The molecule has 1 aromatic heterocycles. The number of aromatic nitrogens is 2. The van der Waals surface area contributed by atoms with E-state index in [2.05, 4.69) is 45.1 Å². The summed E-state index contributed by atoms with van der Waals surface area (Å²) in [4.78, 5) is 20.2. The van der Waals surface area contributed by atoms with Crippen LogP contribution < -0.4 is 10.1 Å². The average molecular weight is 455 g/mol. The molecule has 6 heteroatoms. The van der Waals surface area contributed by atoms with E-state index in [0.717, 1.165) is 67.3 Å². The third-order valence-corrected chi connectivity index (χ3v) is 6.52. The Bertz CT molecular complexity index is 1250. The largest absolute Gasteiger partial charge is 0.497 e. The van der Waals surface area contributed by atoms with Crippen molar-refractivity contribution in [3.63, 3.8) is 0 Å². The van der Waals surface area contributed by atoms with Crippen LogP contribution in [0.2, 0.25) is 0 Å². The minimum Gasteiger partial charge on any atom is -0.497 e. The van der Waals surface area contributed by atoms with Crippen molar-refractivity contribution in [2.45, 2.75) is 25.9 Å². The van der Waals surface area contributed by atoms with Crippen LogP contribution in [0.4, 0.5) is 5.69 Å². The first kappa shape index (κ1) is 22.2. The number of ether oxygens (including phenoxy) is 1. The van der Waals surface area contributed by atoms with E-state index in [1.165, 1.54) is 5.56 Å². The predicted molar refractivity (Wildman–Crippen MR) is 135 cm³/mol. The van der Waals surface area contributed by atoms with E-state index in [1.807, 2.05) is 48.5 Å². The third kappa shape index (κ3) is 4.97. The number of likely N-dealkylation sites (tertiary alicyclic amines) is 1. The Morgan fingerprint density at radius 2 is 1.76 bits per heavy atom. The monoisotopic (exact) mass is 454 g/mol. The number of nitrogens with zero attached hydrogens (tertiary/aromatic N) is 3. The SMILES string of the molecule is COc1ccc(Cn2c(CN3CCC[C@H](C(=O)Nc4ccccc4)C3)nc3ccccc32)cc1. The van der Waals surface area contributed by atoms with Crippen LogP contribution in [0.1, 0.15) is 24.2 Å². The number of para-hydroxylation sites is 3. The summed E-state index contributed by atoms with van der Waals surface area (Å²) in [6.45, 7) is 3.18. The number of benzene rings is 3. The second-order valence-corrected chi connectivity index (χ2v) is 8.88. The highest BCUT2D eigenvalue weighted by molar-refractivity contribution is 5.92. The lowest BCUT2D eigenvalue weighted by molar-refractivity contribution is -0.121. The number of hydrogen-bond donors (Lipinski definition) is 1. The number of anilines is 1. The van der Waals surface area contributed by atoms with Crippen molar-refractivity contribution in [1.82, 2.24) is 14.5 Å². The molecule has 0 bridgehead atoms. The van der Waals surface area contributed by atoms with Crippen molar-refractivity contribution in [2.24, 2.45) is 5.92 Å². The fraction of sp³-hybridized carbons (Fsp3) is 0.286. The smallest absolute Gasteiger partial charge is 0.228 e. The molecule has 0 unspecified atom stereocenters. The lowest BCUT2D eigenvalue weighted by Crippen LogP contribution is -2.40. The van der Waals surface area contributed by atoms with Crippen LogP contribution in [-0.2, 0) is 17.9 Å². The van der Waals surface area contributed by atoms with E-state index in [9.17, 15) is 4.79 Å². The fourth-order valence-corrected chi connectivity index (χ4v) is 4.72. The molecule has 3 aromatic carbocycles. The fourth-order valence-electron chi connectivity index (χ4n) is 4.72. The molecule has 0 aliphatic carbocycles. The second kappa shape index (κ2) is 10.1. The molecule has 1 aliphatic rings. The molecule has 1 amide bonds. The molecule has 0 spiro atoms. The molecule has 4 aromatic rings. The van der Waals surface area contributed by atoms with E-state index in [4.69, 9.17) is 9.72 Å². The van der Waals surface area contributed by atoms with Crippen molar-refractivity contribution in [3.05, 3.63) is 90.3 Å². The van der Waals surface area contributed by atoms with Gasteiger partial charge >= 0.3 is 0 Å². The van der Waals surface area contributed by atoms with Gasteiger partial charge in [0.2, 0.25) is 5.91 Å². The Hall–Kier alpha value is -3.64. The Balaban J connectivity index is 1.33. The van der Waals surface area contributed by atoms with Gasteiger partial charge in [-0.3, -0.25) is 9.69 Å². The number of fused-ring (bicyclic) bond motifs is 1. The molecular weight excluding hydrogens is 424 g/mol. The molecule has 174 valence electrons. The van der Waals surface area contributed by atoms with Crippen LogP contribution >= 0.6 is 0 Å². The minimum atomic E-state index is -0.0200. The van der Waals surface area contributed by atoms with Crippen LogP contribution in [0.3, 0.4) is 0 Å². The molecular formula is C28H30N4O2. The highest BCUT2D eigenvalue weighted by Gasteiger charge is 2.27. The van der Waals surface area contributed by atoms with Crippen molar-refractivity contribution < 1.29 is 9.53 Å². The summed E-state index contributed by atoms with van der Waals surface area (Å²) in [7, 11) is 1.68. The zero-order chi connectivity index (χ0) is 23.3. The third-order valence-electron chi connectivity index (χ3n) is 6.52. The van der Waals surface area contributed by atoms with Gasteiger partial charge in [0.05, 0.1) is 30.6 Å². The Morgan fingerprint density at radius 3 is 2.56 bits per heavy atom. The first-order valence-corrected chi connectivity index (χ1v) is 11.8. The molecule has 2 heterocycles. The zero-order valence-corrected chi connectivity index (χ0v) is 19.5. The first-order valence-electron chi connectivity index (χ1n) is 11.8. The summed E-state index contributed by atoms with van der Waals surface area (Å²) in [6, 6.07) is 26.2. The van der Waals surface area contributed by atoms with Crippen molar-refractivity contribution in [3.8, 4) is 5.75 Å². The number of amides is 1. The molecule has 1 fully saturated rings. The summed E-state index contributed by atoms with van der Waals surface area (Å²) in [5.41, 5.74) is 4.18. The molecule has 1 atom stereocenters. The number of carbonyl (C=O) groups excluding carboxylic acids is 1. The quantitative estimate of drug-likeness (QED) is 0.430. The van der Waals surface area contributed by atoms with Gasteiger partial charge in [0.15, 0.2) is 0 Å². The summed E-state index contributed by atoms with van der Waals surface area (Å²) in [6.07, 6.45) is 1.92. The summed E-state index contributed by atoms with van der Waals surface area (Å²) in [5.74, 6) is 1.96. The molecule has 34 heavy (non-hydrogen) atoms. The van der Waals surface area contributed by atoms with Gasteiger partial charge < -0.3 is 14.6 Å². The normalized spacial score (nSPS) is 16.4. The van der Waals surface area contributed by atoms with Gasteiger partial charge in [-0.15, -0.1) is 0 Å². The standard InChI is InChI=1S/C28H30N4O2/c1-34-24-15-13-21(14-16-24)18-32-26-12-6-5-11-25(26)30-27(32)20-31-17-7-8-22(19-31)28(33)29-23-9-3-2-4-10-23/h2-6,9-16,22H,7-8,17-20H2,1H3,(H,29,33)/t22-/m0/s1. The number of methoxy groups -OCH3 is 1. The maximum absolute atomic E-state index is 12.9. The molecule has 1 saturated heterocycles. The Kier molecular flexibility index (Phi) is 6.58. The Morgan fingerprint density at radius 1 is 1.00 bits per heavy atom. The molecule has 0 saturated carbocycles. The van der Waals surface area contributed by atoms with Crippen molar-refractivity contribution in [2.75, 3.05) is 25.5 Å². The van der Waals surface area contributed by atoms with E-state index in [1.54, 1.807) is 7.11 Å². The predicted octanol–water partition coefficient (Wildman–Crippen LogP) is 4.94. The van der Waals surface area contributed by atoms with Gasteiger partial charge in [0.25, 0.3) is 0 Å². The van der Waals surface area contributed by atoms with Crippen LogP contribution in [0.25, 0.3) is 11.0 Å². The summed E-state index contributed by atoms with van der Waals surface area (Å²) >= 11 is 0. The van der Waals surface area contributed by atoms with E-state index >= 15 is 0 Å². The topological polar surface area (TPSA) is 59.4 Å². The average Bonchev–Trinajstić information content (AvgIpc) is 3.22. The van der Waals surface area contributed by atoms with Crippen LogP contribution in [0.5, 0.6) is 5.75 Å². The van der Waals surface area contributed by atoms with E-state index < -0.39 is 0 Å². The van der Waals surface area contributed by atoms with E-state index in [0.29, 0.717) is 0 Å². The lowest BCUT2D eigenvalue weighted by Gasteiger charge is -2.31. The molecule has 5 rings (SSSR count). The van der Waals surface area contributed by atoms with Crippen molar-refractivity contribution in [1.29, 1.82) is 0 Å². The zero-order valence-electron chi connectivity index (χ0n) is 19.5. The number of nitrogens with one attached hydrogen (secondary N) is 1. The maximum atomic E-state index is 12.9. The number of carbonyl (C=O) groups is 1. The number of rotatable bonds is 7. The van der Waals surface area contributed by atoms with Gasteiger partial charge in [-0.2, -0.15) is 0 Å². The highest BCUT2D eigenvalue weighted by atomic mass is 16.5. The maximum Gasteiger partial charge on any atom is 0.228 e. The molecule has 6 nitrogen and oxygen atoms in total. The number of hydrogen-bond acceptors (Lipinski definition) is 4. The van der Waals surface area contributed by atoms with Gasteiger partial charge in [0, 0.05) is 18.8 Å². The summed E-state index contributed by atoms with van der Waals surface area (Å²) < 4.78 is 7.60. The number of imidazole rings is 1. The molecule has 1 aliphatic heterocycles. The van der Waals surface area contributed by atoms with Crippen LogP contribution in [0.15, 0.2) is 78.9 Å². The molecule has 0 radical (unpaired) electrons. The van der Waals surface area contributed by atoms with Crippen LogP contribution in [-0.4, -0.2) is 40.6 Å². The van der Waals surface area contributed by atoms with Gasteiger partial charge in [-0.25, -0.2) is 4.98 Å². The van der Waals surface area contributed by atoms with Crippen molar-refractivity contribution >= 4 is 22.6 Å².